The van der Waals surface area contributed by atoms with Gasteiger partial charge in [-0.15, -0.1) is 0 Å². The molecule has 1 atom stereocenters. The van der Waals surface area contributed by atoms with E-state index in [0.29, 0.717) is 5.56 Å². The molecule has 0 spiro atoms. The van der Waals surface area contributed by atoms with Gasteiger partial charge in [0.05, 0.1) is 33.3 Å². The minimum Gasteiger partial charge on any atom is -0.502 e. The highest BCUT2D eigenvalue weighted by Crippen LogP contribution is 2.42. The first kappa shape index (κ1) is 21.0. The van der Waals surface area contributed by atoms with Crippen molar-refractivity contribution in [2.24, 2.45) is 0 Å². The van der Waals surface area contributed by atoms with Crippen LogP contribution in [0.15, 0.2) is 35.3 Å². The number of rotatable bonds is 6. The quantitative estimate of drug-likeness (QED) is 0.589. The van der Waals surface area contributed by atoms with Crippen LogP contribution in [0.1, 0.15) is 29.0 Å². The van der Waals surface area contributed by atoms with Crippen molar-refractivity contribution >= 4 is 11.6 Å². The summed E-state index contributed by atoms with van der Waals surface area (Å²) >= 11 is 0. The normalized spacial score (nSPS) is 11.9. The maximum absolute atomic E-state index is 13.3. The highest BCUT2D eigenvalue weighted by molar-refractivity contribution is 5.72. The summed E-state index contributed by atoms with van der Waals surface area (Å²) in [6.45, 7) is 1.82. The zero-order valence-corrected chi connectivity index (χ0v) is 17.0. The largest absolute Gasteiger partial charge is 0.502 e. The summed E-state index contributed by atoms with van der Waals surface area (Å²) in [6.07, 6.45) is 1.34. The van der Waals surface area contributed by atoms with Gasteiger partial charge >= 0.3 is 5.97 Å². The average molecular weight is 414 g/mol. The van der Waals surface area contributed by atoms with E-state index in [1.807, 2.05) is 6.92 Å². The van der Waals surface area contributed by atoms with E-state index in [-0.39, 0.29) is 34.9 Å². The fourth-order valence-corrected chi connectivity index (χ4v) is 3.30. The Kier molecular flexibility index (Phi) is 5.81. The van der Waals surface area contributed by atoms with Gasteiger partial charge in [0.2, 0.25) is 11.6 Å². The Morgan fingerprint density at radius 3 is 2.33 bits per heavy atom. The van der Waals surface area contributed by atoms with E-state index in [4.69, 9.17) is 14.2 Å². The molecule has 2 N–H and O–H groups in total. The molecule has 0 amide bonds. The van der Waals surface area contributed by atoms with E-state index in [1.165, 1.54) is 37.9 Å². The Morgan fingerprint density at radius 1 is 1.13 bits per heavy atom. The first-order chi connectivity index (χ1) is 14.3. The van der Waals surface area contributed by atoms with Crippen molar-refractivity contribution in [3.05, 3.63) is 57.5 Å². The first-order valence-electron chi connectivity index (χ1n) is 9.04. The molecule has 0 saturated carbocycles. The smallest absolute Gasteiger partial charge is 0.306 e. The molecule has 0 aliphatic rings. The SMILES string of the molecule is COC(=O)C[C@@H](c1cc(OC)c(O)c(OC)c1)c1c(O)nc2ccc(C)cn2c1=O. The second-order valence-corrected chi connectivity index (χ2v) is 6.70. The van der Waals surface area contributed by atoms with Crippen LogP contribution in [0.25, 0.3) is 5.65 Å². The molecular formula is C21H22N2O7. The third kappa shape index (κ3) is 3.73. The number of carbonyl (C=O) groups excluding carboxylic acids is 1. The fraction of sp³-hybridized carbons (Fsp3) is 0.286. The number of hydrogen-bond acceptors (Lipinski definition) is 8. The molecule has 0 fully saturated rings. The zero-order chi connectivity index (χ0) is 22.0. The molecule has 3 rings (SSSR count). The van der Waals surface area contributed by atoms with Crippen molar-refractivity contribution < 1.29 is 29.2 Å². The molecule has 0 bridgehead atoms. The van der Waals surface area contributed by atoms with Gasteiger partial charge in [-0.2, -0.15) is 4.98 Å². The zero-order valence-electron chi connectivity index (χ0n) is 17.0. The molecule has 2 heterocycles. The summed E-state index contributed by atoms with van der Waals surface area (Å²) in [6, 6.07) is 6.32. The van der Waals surface area contributed by atoms with Crippen LogP contribution in [0.5, 0.6) is 23.1 Å². The molecule has 30 heavy (non-hydrogen) atoms. The molecule has 3 aromatic rings. The monoisotopic (exact) mass is 414 g/mol. The molecule has 0 aliphatic heterocycles. The van der Waals surface area contributed by atoms with Crippen molar-refractivity contribution in [3.8, 4) is 23.1 Å². The number of ether oxygens (including phenoxy) is 3. The minimum atomic E-state index is -0.932. The molecule has 0 aliphatic carbocycles. The number of nitrogens with zero attached hydrogens (tertiary/aromatic N) is 2. The lowest BCUT2D eigenvalue weighted by Crippen LogP contribution is -2.24. The minimum absolute atomic E-state index is 0.0849. The van der Waals surface area contributed by atoms with Crippen molar-refractivity contribution in [2.45, 2.75) is 19.3 Å². The van der Waals surface area contributed by atoms with Gasteiger partial charge in [-0.05, 0) is 36.2 Å². The standard InChI is InChI=1S/C21H22N2O7/c1-11-5-6-16-22-20(26)18(21(27)23(16)10-11)13(9-17(24)30-4)12-7-14(28-2)19(25)15(8-12)29-3/h5-8,10,13,25-26H,9H2,1-4H3/t13-/m0/s1. The van der Waals surface area contributed by atoms with E-state index in [9.17, 15) is 19.8 Å². The molecular weight excluding hydrogens is 392 g/mol. The maximum atomic E-state index is 13.3. The number of fused-ring (bicyclic) bond motifs is 1. The number of phenols is 1. The summed E-state index contributed by atoms with van der Waals surface area (Å²) in [5.41, 5.74) is 0.873. The Hall–Kier alpha value is -3.75. The van der Waals surface area contributed by atoms with Gasteiger partial charge < -0.3 is 24.4 Å². The number of pyridine rings is 1. The van der Waals surface area contributed by atoms with Gasteiger partial charge in [0.1, 0.15) is 5.65 Å². The molecule has 158 valence electrons. The van der Waals surface area contributed by atoms with E-state index in [0.717, 1.165) is 5.56 Å². The molecule has 9 nitrogen and oxygen atoms in total. The van der Waals surface area contributed by atoms with Gasteiger partial charge in [0.15, 0.2) is 11.5 Å². The molecule has 2 aromatic heterocycles. The van der Waals surface area contributed by atoms with Crippen molar-refractivity contribution in [2.75, 3.05) is 21.3 Å². The molecule has 0 radical (unpaired) electrons. The summed E-state index contributed by atoms with van der Waals surface area (Å²) < 4.78 is 16.5. The van der Waals surface area contributed by atoms with Gasteiger partial charge in [0, 0.05) is 12.1 Å². The number of phenolic OH excluding ortho intramolecular Hbond substituents is 1. The number of aromatic nitrogens is 2. The van der Waals surface area contributed by atoms with Gasteiger partial charge in [-0.1, -0.05) is 6.07 Å². The van der Waals surface area contributed by atoms with Crippen LogP contribution in [0.4, 0.5) is 0 Å². The van der Waals surface area contributed by atoms with E-state index < -0.39 is 23.3 Å². The maximum Gasteiger partial charge on any atom is 0.306 e. The molecule has 1 aromatic carbocycles. The fourth-order valence-electron chi connectivity index (χ4n) is 3.30. The van der Waals surface area contributed by atoms with Gasteiger partial charge in [-0.3, -0.25) is 14.0 Å². The second-order valence-electron chi connectivity index (χ2n) is 6.70. The Balaban J connectivity index is 2.31. The predicted octanol–water partition coefficient (Wildman–Crippen LogP) is 2.13. The average Bonchev–Trinajstić information content (AvgIpc) is 2.73. The lowest BCUT2D eigenvalue weighted by Gasteiger charge is -2.20. The van der Waals surface area contributed by atoms with Crippen molar-refractivity contribution in [1.29, 1.82) is 0 Å². The summed E-state index contributed by atoms with van der Waals surface area (Å²) in [5, 5.41) is 20.8. The Morgan fingerprint density at radius 2 is 1.77 bits per heavy atom. The number of hydrogen-bond donors (Lipinski definition) is 2. The summed E-state index contributed by atoms with van der Waals surface area (Å²) in [7, 11) is 3.95. The highest BCUT2D eigenvalue weighted by Gasteiger charge is 2.29. The van der Waals surface area contributed by atoms with E-state index in [1.54, 1.807) is 18.3 Å². The van der Waals surface area contributed by atoms with E-state index in [2.05, 4.69) is 4.98 Å². The van der Waals surface area contributed by atoms with Gasteiger partial charge in [0.25, 0.3) is 5.56 Å². The van der Waals surface area contributed by atoms with Crippen LogP contribution < -0.4 is 15.0 Å². The molecule has 0 unspecified atom stereocenters. The number of aryl methyl sites for hydroxylation is 1. The third-order valence-electron chi connectivity index (χ3n) is 4.84. The number of esters is 1. The summed E-state index contributed by atoms with van der Waals surface area (Å²) in [4.78, 5) is 29.5. The van der Waals surface area contributed by atoms with Crippen molar-refractivity contribution in [3.63, 3.8) is 0 Å². The molecule has 0 saturated heterocycles. The number of aromatic hydroxyl groups is 2. The highest BCUT2D eigenvalue weighted by atomic mass is 16.5. The lowest BCUT2D eigenvalue weighted by molar-refractivity contribution is -0.140. The van der Waals surface area contributed by atoms with Crippen molar-refractivity contribution in [1.82, 2.24) is 9.38 Å². The number of benzene rings is 1. The number of carbonyl (C=O) groups is 1. The predicted molar refractivity (Wildman–Crippen MR) is 108 cm³/mol. The van der Waals surface area contributed by atoms with Crippen LogP contribution in [-0.4, -0.2) is 46.9 Å². The van der Waals surface area contributed by atoms with Crippen LogP contribution >= 0.6 is 0 Å². The lowest BCUT2D eigenvalue weighted by atomic mass is 9.89. The van der Waals surface area contributed by atoms with Crippen LogP contribution in [0.3, 0.4) is 0 Å². The van der Waals surface area contributed by atoms with Crippen LogP contribution in [-0.2, 0) is 9.53 Å². The van der Waals surface area contributed by atoms with Crippen LogP contribution in [0.2, 0.25) is 0 Å². The Labute approximate surface area is 172 Å². The molecule has 9 heteroatoms. The topological polar surface area (TPSA) is 120 Å². The third-order valence-corrected chi connectivity index (χ3v) is 4.84. The van der Waals surface area contributed by atoms with Gasteiger partial charge in [-0.25, -0.2) is 0 Å². The summed E-state index contributed by atoms with van der Waals surface area (Å²) in [5.74, 6) is -2.08. The van der Waals surface area contributed by atoms with Crippen LogP contribution in [0, 0.1) is 6.92 Å². The Bertz CT molecular complexity index is 1140. The van der Waals surface area contributed by atoms with E-state index >= 15 is 0 Å². The number of methoxy groups -OCH3 is 3. The first-order valence-corrected chi connectivity index (χ1v) is 9.04. The second kappa shape index (κ2) is 8.32.